The van der Waals surface area contributed by atoms with E-state index in [1.165, 1.54) is 0 Å². The summed E-state index contributed by atoms with van der Waals surface area (Å²) < 4.78 is 292. The first-order valence-electron chi connectivity index (χ1n) is 8.51. The molecule has 0 aliphatic heterocycles. The van der Waals surface area contributed by atoms with E-state index in [4.69, 9.17) is 0 Å². The second-order valence-corrected chi connectivity index (χ2v) is 5.85. The zero-order valence-corrected chi connectivity index (χ0v) is 18.3. The van der Waals surface area contributed by atoms with Gasteiger partial charge in [-0.25, -0.2) is 13.2 Å². The largest absolute Gasteiger partial charge is 0.574 e. The van der Waals surface area contributed by atoms with Gasteiger partial charge in [0, 0.05) is 0 Å². The molecule has 1 rings (SSSR count). The van der Waals surface area contributed by atoms with Crippen LogP contribution in [0.4, 0.5) is 105 Å². The minimum absolute atomic E-state index is 2.13. The van der Waals surface area contributed by atoms with Crippen molar-refractivity contribution in [3.8, 4) is 5.75 Å². The smallest absolute Gasteiger partial charge is 0.436 e. The van der Waals surface area contributed by atoms with Gasteiger partial charge >= 0.3 is 60.9 Å². The Morgan fingerprint density at radius 1 is 0.419 bits per heavy atom. The molecular formula is C16F24O3. The van der Waals surface area contributed by atoms with Gasteiger partial charge in [-0.3, -0.25) is 0 Å². The molecule has 1 atom stereocenters. The fraction of sp³-hybridized carbons (Fsp3) is 0.250. The summed E-state index contributed by atoms with van der Waals surface area (Å²) in [5.41, 5.74) is 0. The standard InChI is InChI=1S/C11F14O2.C3F6O.C2F4/c12-1-2(13)4(15)6(5(16)3(1)14)26-9(20,10(21,22)23)11(24,25)27-8(19)7(17)18;4-1(5)2(6)10-3(7,8)9;3-1(4)2(5)6. The average Bonchev–Trinajstić information content (AvgIpc) is 2.82. The molecule has 0 aliphatic rings. The first-order chi connectivity index (χ1) is 18.9. The van der Waals surface area contributed by atoms with E-state index in [-0.39, 0.29) is 0 Å². The molecule has 0 spiro atoms. The maximum Gasteiger partial charge on any atom is 0.574 e. The first-order valence-corrected chi connectivity index (χ1v) is 8.51. The highest BCUT2D eigenvalue weighted by molar-refractivity contribution is 5.30. The van der Waals surface area contributed by atoms with Crippen LogP contribution < -0.4 is 4.74 Å². The molecule has 0 fully saturated rings. The van der Waals surface area contributed by atoms with Crippen LogP contribution in [0.5, 0.6) is 5.75 Å². The topological polar surface area (TPSA) is 27.7 Å². The van der Waals surface area contributed by atoms with Crippen molar-refractivity contribution >= 4 is 0 Å². The molecule has 1 unspecified atom stereocenters. The van der Waals surface area contributed by atoms with Crippen molar-refractivity contribution in [3.05, 3.63) is 65.4 Å². The van der Waals surface area contributed by atoms with Crippen molar-refractivity contribution in [2.24, 2.45) is 0 Å². The summed E-state index contributed by atoms with van der Waals surface area (Å²) >= 11 is 0. The SMILES string of the molecule is FC(F)=C(F)F.FC(F)=C(F)OC(F)(F)C(F)(Oc1c(F)c(F)c(F)c(F)c1F)C(F)(F)F.FC(F)=C(F)OC(F)(F)F. The zero-order valence-electron chi connectivity index (χ0n) is 18.3. The predicted octanol–water partition coefficient (Wildman–Crippen LogP) is 10.2. The Morgan fingerprint density at radius 2 is 0.721 bits per heavy atom. The van der Waals surface area contributed by atoms with Gasteiger partial charge in [0.25, 0.3) is 0 Å². The van der Waals surface area contributed by atoms with Crippen LogP contribution in [0.15, 0.2) is 36.3 Å². The predicted molar refractivity (Wildman–Crippen MR) is 82.1 cm³/mol. The van der Waals surface area contributed by atoms with Crippen LogP contribution in [0, 0.1) is 29.1 Å². The molecule has 0 N–H and O–H groups in total. The van der Waals surface area contributed by atoms with Crippen LogP contribution in [0.25, 0.3) is 0 Å². The second-order valence-electron chi connectivity index (χ2n) is 5.85. The molecule has 3 nitrogen and oxygen atoms in total. The van der Waals surface area contributed by atoms with Gasteiger partial charge in [0.05, 0.1) is 0 Å². The number of hydrogen-bond acceptors (Lipinski definition) is 3. The van der Waals surface area contributed by atoms with E-state index < -0.39 is 95.7 Å². The molecule has 0 amide bonds. The maximum atomic E-state index is 13.8. The molecule has 0 aromatic heterocycles. The van der Waals surface area contributed by atoms with E-state index >= 15 is 0 Å². The fourth-order valence-electron chi connectivity index (χ4n) is 1.45. The molecule has 1 aromatic rings. The van der Waals surface area contributed by atoms with E-state index in [1.54, 1.807) is 0 Å². The highest BCUT2D eigenvalue weighted by Crippen LogP contribution is 2.49. The second kappa shape index (κ2) is 15.1. The minimum atomic E-state index is -7.14. The van der Waals surface area contributed by atoms with Crippen molar-refractivity contribution in [2.45, 2.75) is 24.5 Å². The third-order valence-corrected chi connectivity index (χ3v) is 3.01. The Balaban J connectivity index is 0. The fourth-order valence-corrected chi connectivity index (χ4v) is 1.45. The molecule has 27 heteroatoms. The molecular weight excluding hydrogens is 696 g/mol. The lowest BCUT2D eigenvalue weighted by atomic mass is 10.2. The Kier molecular flexibility index (Phi) is 14.5. The Labute approximate surface area is 216 Å². The molecule has 0 heterocycles. The summed E-state index contributed by atoms with van der Waals surface area (Å²) in [5, 5.41) is 0. The molecule has 0 saturated carbocycles. The summed E-state index contributed by atoms with van der Waals surface area (Å²) in [4.78, 5) is 0. The highest BCUT2D eigenvalue weighted by Gasteiger charge is 2.78. The van der Waals surface area contributed by atoms with Crippen molar-refractivity contribution in [1.29, 1.82) is 0 Å². The van der Waals surface area contributed by atoms with Gasteiger partial charge in [0.1, 0.15) is 0 Å². The van der Waals surface area contributed by atoms with Crippen LogP contribution in [0.2, 0.25) is 0 Å². The van der Waals surface area contributed by atoms with Gasteiger partial charge in [-0.05, 0) is 0 Å². The van der Waals surface area contributed by atoms with E-state index in [1.807, 2.05) is 0 Å². The normalized spacial score (nSPS) is 12.8. The lowest BCUT2D eigenvalue weighted by molar-refractivity contribution is -0.434. The van der Waals surface area contributed by atoms with Crippen molar-refractivity contribution in [1.82, 2.24) is 0 Å². The van der Waals surface area contributed by atoms with Gasteiger partial charge in [-0.1, -0.05) is 0 Å². The van der Waals surface area contributed by atoms with E-state index in [2.05, 4.69) is 14.2 Å². The number of benzene rings is 1. The lowest BCUT2D eigenvalue weighted by Gasteiger charge is -2.33. The maximum absolute atomic E-state index is 13.8. The Hall–Kier alpha value is -3.84. The zero-order chi connectivity index (χ0) is 35.0. The third-order valence-electron chi connectivity index (χ3n) is 3.01. The molecule has 43 heavy (non-hydrogen) atoms. The number of rotatable bonds is 6. The summed E-state index contributed by atoms with van der Waals surface area (Å²) in [7, 11) is 0. The van der Waals surface area contributed by atoms with Gasteiger partial charge in [-0.15, -0.1) is 13.2 Å². The van der Waals surface area contributed by atoms with Crippen molar-refractivity contribution in [3.63, 3.8) is 0 Å². The van der Waals surface area contributed by atoms with Crippen molar-refractivity contribution < 1.29 is 120 Å². The van der Waals surface area contributed by atoms with Crippen LogP contribution in [-0.2, 0) is 9.47 Å². The van der Waals surface area contributed by atoms with Gasteiger partial charge in [0.15, 0.2) is 0 Å². The van der Waals surface area contributed by atoms with Crippen LogP contribution in [0.3, 0.4) is 0 Å². The summed E-state index contributed by atoms with van der Waals surface area (Å²) in [5.74, 6) is -25.8. The minimum Gasteiger partial charge on any atom is -0.436 e. The molecule has 250 valence electrons. The van der Waals surface area contributed by atoms with E-state index in [9.17, 15) is 105 Å². The lowest BCUT2D eigenvalue weighted by Crippen LogP contribution is -2.60. The number of ether oxygens (including phenoxy) is 3. The summed E-state index contributed by atoms with van der Waals surface area (Å²) in [6.45, 7) is 0. The molecule has 1 aromatic carbocycles. The molecule has 0 bridgehead atoms. The highest BCUT2D eigenvalue weighted by atomic mass is 19.4. The first kappa shape index (κ1) is 41.3. The average molecular weight is 696 g/mol. The molecule has 0 aliphatic carbocycles. The van der Waals surface area contributed by atoms with E-state index in [0.717, 1.165) is 0 Å². The van der Waals surface area contributed by atoms with Crippen LogP contribution >= 0.6 is 0 Å². The van der Waals surface area contributed by atoms with Crippen LogP contribution in [-0.4, -0.2) is 24.5 Å². The number of hydrogen-bond donors (Lipinski definition) is 0. The van der Waals surface area contributed by atoms with Gasteiger partial charge in [-0.2, -0.15) is 79.0 Å². The summed E-state index contributed by atoms with van der Waals surface area (Å²) in [6.07, 6.45) is -32.1. The Bertz CT molecular complexity index is 1160. The monoisotopic (exact) mass is 696 g/mol. The quantitative estimate of drug-likeness (QED) is 0.128. The van der Waals surface area contributed by atoms with E-state index in [0.29, 0.717) is 0 Å². The molecule has 0 radical (unpaired) electrons. The van der Waals surface area contributed by atoms with Crippen molar-refractivity contribution in [2.75, 3.05) is 0 Å². The summed E-state index contributed by atoms with van der Waals surface area (Å²) in [6, 6.07) is -6.68. The number of alkyl halides is 9. The number of halogens is 24. The third kappa shape index (κ3) is 11.8. The molecule has 0 saturated heterocycles. The Morgan fingerprint density at radius 3 is 0.953 bits per heavy atom. The van der Waals surface area contributed by atoms with Crippen LogP contribution in [0.1, 0.15) is 0 Å². The van der Waals surface area contributed by atoms with Gasteiger partial charge < -0.3 is 14.2 Å². The van der Waals surface area contributed by atoms with Gasteiger partial charge in [0.2, 0.25) is 34.8 Å².